The molecule has 0 saturated carbocycles. The van der Waals surface area contributed by atoms with E-state index in [2.05, 4.69) is 64.5 Å². The Labute approximate surface area is 182 Å². The Kier molecular flexibility index (Phi) is 5.25. The summed E-state index contributed by atoms with van der Waals surface area (Å²) in [5.74, 6) is 0.194. The van der Waals surface area contributed by atoms with Crippen molar-refractivity contribution in [3.8, 4) is 0 Å². The van der Waals surface area contributed by atoms with Crippen LogP contribution >= 0.6 is 11.8 Å². The van der Waals surface area contributed by atoms with Crippen LogP contribution in [0, 0.1) is 12.3 Å². The van der Waals surface area contributed by atoms with E-state index in [1.54, 1.807) is 11.8 Å². The monoisotopic (exact) mass is 423 g/mol. The number of amides is 1. The Morgan fingerprint density at radius 1 is 1.10 bits per heavy atom. The number of aliphatic hydroxyl groups is 1. The van der Waals surface area contributed by atoms with E-state index in [1.165, 1.54) is 26.7 Å². The Balaban J connectivity index is 1.28. The summed E-state index contributed by atoms with van der Waals surface area (Å²) in [7, 11) is 0. The number of β-amino-alcohol motifs (C(OH)–C–C–N with tert-alkyl or cyclic N) is 1. The SMILES string of the molecule is Cc1ccc2c(c1)N(CC(O)CN1CCC3(CC1)CNC(=O)C3)c1ccccc1S2. The Morgan fingerprint density at radius 2 is 1.87 bits per heavy atom. The molecule has 0 radical (unpaired) electrons. The van der Waals surface area contributed by atoms with Gasteiger partial charge >= 0.3 is 0 Å². The molecule has 1 unspecified atom stereocenters. The van der Waals surface area contributed by atoms with Crippen molar-refractivity contribution in [2.24, 2.45) is 5.41 Å². The molecule has 0 bridgehead atoms. The maximum absolute atomic E-state index is 11.7. The van der Waals surface area contributed by atoms with Crippen LogP contribution < -0.4 is 10.2 Å². The maximum Gasteiger partial charge on any atom is 0.220 e. The molecule has 1 spiro atoms. The van der Waals surface area contributed by atoms with Crippen LogP contribution in [0.15, 0.2) is 52.3 Å². The summed E-state index contributed by atoms with van der Waals surface area (Å²) in [6.45, 7) is 6.09. The molecular formula is C24H29N3O2S. The van der Waals surface area contributed by atoms with Crippen molar-refractivity contribution in [2.75, 3.05) is 37.6 Å². The number of benzene rings is 2. The van der Waals surface area contributed by atoms with Crippen molar-refractivity contribution in [1.82, 2.24) is 10.2 Å². The second-order valence-corrected chi connectivity index (χ2v) is 10.1. The zero-order chi connectivity index (χ0) is 20.7. The van der Waals surface area contributed by atoms with Crippen molar-refractivity contribution >= 4 is 29.0 Å². The van der Waals surface area contributed by atoms with E-state index in [9.17, 15) is 9.90 Å². The van der Waals surface area contributed by atoms with Gasteiger partial charge in [-0.15, -0.1) is 0 Å². The predicted molar refractivity (Wildman–Crippen MR) is 120 cm³/mol. The molecule has 5 nitrogen and oxygen atoms in total. The van der Waals surface area contributed by atoms with Gasteiger partial charge in [0.1, 0.15) is 0 Å². The summed E-state index contributed by atoms with van der Waals surface area (Å²) >= 11 is 1.80. The van der Waals surface area contributed by atoms with E-state index in [4.69, 9.17) is 0 Å². The lowest BCUT2D eigenvalue weighted by Gasteiger charge is -2.40. The number of nitrogens with one attached hydrogen (secondary N) is 1. The molecule has 5 rings (SSSR count). The fourth-order valence-electron chi connectivity index (χ4n) is 5.02. The minimum Gasteiger partial charge on any atom is -0.390 e. The highest BCUT2D eigenvalue weighted by Gasteiger charge is 2.41. The summed E-state index contributed by atoms with van der Waals surface area (Å²) in [6, 6.07) is 15.0. The van der Waals surface area contributed by atoms with Gasteiger partial charge in [-0.1, -0.05) is 30.0 Å². The van der Waals surface area contributed by atoms with Crippen LogP contribution in [0.3, 0.4) is 0 Å². The van der Waals surface area contributed by atoms with Crippen molar-refractivity contribution < 1.29 is 9.90 Å². The zero-order valence-electron chi connectivity index (χ0n) is 17.4. The zero-order valence-corrected chi connectivity index (χ0v) is 18.3. The van der Waals surface area contributed by atoms with Crippen molar-refractivity contribution in [1.29, 1.82) is 0 Å². The van der Waals surface area contributed by atoms with Gasteiger partial charge in [0.2, 0.25) is 5.91 Å². The number of piperidine rings is 1. The normalized spacial score (nSPS) is 21.3. The van der Waals surface area contributed by atoms with E-state index >= 15 is 0 Å². The highest BCUT2D eigenvalue weighted by atomic mass is 32.2. The highest BCUT2D eigenvalue weighted by molar-refractivity contribution is 7.99. The van der Waals surface area contributed by atoms with E-state index in [-0.39, 0.29) is 11.3 Å². The summed E-state index contributed by atoms with van der Waals surface area (Å²) in [5, 5.41) is 14.0. The number of likely N-dealkylation sites (tertiary alicyclic amines) is 1. The lowest BCUT2D eigenvalue weighted by molar-refractivity contribution is -0.119. The molecule has 6 heteroatoms. The third kappa shape index (κ3) is 3.84. The molecule has 0 aromatic heterocycles. The fraction of sp³-hybridized carbons (Fsp3) is 0.458. The lowest BCUT2D eigenvalue weighted by atomic mass is 9.77. The van der Waals surface area contributed by atoms with Crippen LogP contribution in [0.4, 0.5) is 11.4 Å². The molecule has 0 aliphatic carbocycles. The van der Waals surface area contributed by atoms with Crippen LogP contribution in [-0.2, 0) is 4.79 Å². The van der Waals surface area contributed by atoms with Crippen LogP contribution in [-0.4, -0.2) is 54.7 Å². The number of carbonyl (C=O) groups is 1. The van der Waals surface area contributed by atoms with Gasteiger partial charge in [0.25, 0.3) is 0 Å². The molecule has 2 fully saturated rings. The number of fused-ring (bicyclic) bond motifs is 2. The first kappa shape index (κ1) is 19.9. The molecular weight excluding hydrogens is 394 g/mol. The summed E-state index contributed by atoms with van der Waals surface area (Å²) < 4.78 is 0. The van der Waals surface area contributed by atoms with E-state index in [0.717, 1.165) is 32.5 Å². The van der Waals surface area contributed by atoms with Crippen molar-refractivity contribution in [3.63, 3.8) is 0 Å². The summed E-state index contributed by atoms with van der Waals surface area (Å²) in [4.78, 5) is 18.8. The molecule has 3 aliphatic rings. The maximum atomic E-state index is 11.7. The van der Waals surface area contributed by atoms with Gasteiger partial charge in [0.05, 0.1) is 24.0 Å². The first-order valence-corrected chi connectivity index (χ1v) is 11.7. The molecule has 3 heterocycles. The number of aryl methyl sites for hydroxylation is 1. The molecule has 1 atom stereocenters. The number of hydrogen-bond donors (Lipinski definition) is 2. The fourth-order valence-corrected chi connectivity index (χ4v) is 6.09. The van der Waals surface area contributed by atoms with Gasteiger partial charge < -0.3 is 20.2 Å². The predicted octanol–water partition coefficient (Wildman–Crippen LogP) is 3.56. The smallest absolute Gasteiger partial charge is 0.220 e. The lowest BCUT2D eigenvalue weighted by Crippen LogP contribution is -2.46. The van der Waals surface area contributed by atoms with Crippen LogP contribution in [0.2, 0.25) is 0 Å². The molecule has 2 N–H and O–H groups in total. The van der Waals surface area contributed by atoms with E-state index in [1.807, 2.05) is 0 Å². The summed E-state index contributed by atoms with van der Waals surface area (Å²) in [5.41, 5.74) is 3.74. The Hall–Kier alpha value is -2.02. The first-order chi connectivity index (χ1) is 14.5. The second-order valence-electron chi connectivity index (χ2n) is 9.06. The third-order valence-corrected chi connectivity index (χ3v) is 7.89. The van der Waals surface area contributed by atoms with Crippen LogP contribution in [0.5, 0.6) is 0 Å². The Bertz CT molecular complexity index is 955. The third-order valence-electron chi connectivity index (χ3n) is 6.76. The topological polar surface area (TPSA) is 55.8 Å². The van der Waals surface area contributed by atoms with Gasteiger partial charge in [-0.2, -0.15) is 0 Å². The van der Waals surface area contributed by atoms with Gasteiger partial charge in [0.15, 0.2) is 0 Å². The first-order valence-electron chi connectivity index (χ1n) is 10.8. The number of nitrogens with zero attached hydrogens (tertiary/aromatic N) is 2. The molecule has 3 aliphatic heterocycles. The number of carbonyl (C=O) groups excluding carboxylic acids is 1. The number of rotatable bonds is 4. The number of aliphatic hydroxyl groups excluding tert-OH is 1. The molecule has 2 aromatic rings. The highest BCUT2D eigenvalue weighted by Crippen LogP contribution is 2.48. The molecule has 158 valence electrons. The minimum atomic E-state index is -0.438. The van der Waals surface area contributed by atoms with Crippen LogP contribution in [0.25, 0.3) is 0 Å². The summed E-state index contributed by atoms with van der Waals surface area (Å²) in [6.07, 6.45) is 2.29. The molecule has 2 saturated heterocycles. The largest absolute Gasteiger partial charge is 0.390 e. The second kappa shape index (κ2) is 7.91. The average Bonchev–Trinajstić information content (AvgIpc) is 3.10. The van der Waals surface area contributed by atoms with E-state index < -0.39 is 6.10 Å². The number of para-hydroxylation sites is 1. The van der Waals surface area contributed by atoms with Crippen molar-refractivity contribution in [3.05, 3.63) is 48.0 Å². The number of anilines is 2. The molecule has 1 amide bonds. The van der Waals surface area contributed by atoms with Crippen molar-refractivity contribution in [2.45, 2.75) is 42.1 Å². The van der Waals surface area contributed by atoms with Crippen LogP contribution in [0.1, 0.15) is 24.8 Å². The Morgan fingerprint density at radius 3 is 2.63 bits per heavy atom. The van der Waals surface area contributed by atoms with Gasteiger partial charge in [0, 0.05) is 29.3 Å². The average molecular weight is 424 g/mol. The quantitative estimate of drug-likeness (QED) is 0.788. The molecule has 2 aromatic carbocycles. The van der Waals surface area contributed by atoms with Gasteiger partial charge in [-0.05, 0) is 68.1 Å². The van der Waals surface area contributed by atoms with E-state index in [0.29, 0.717) is 19.5 Å². The standard InChI is InChI=1S/C24H29N3O2S/c1-17-6-7-22-20(12-17)27(19-4-2-3-5-21(19)30-22)15-18(28)14-26-10-8-24(9-11-26)13-23(29)25-16-24/h2-7,12,18,28H,8-11,13-16H2,1H3,(H,25,29). The van der Waals surface area contributed by atoms with Gasteiger partial charge in [-0.25, -0.2) is 0 Å². The number of hydrogen-bond acceptors (Lipinski definition) is 5. The van der Waals surface area contributed by atoms with Gasteiger partial charge in [-0.3, -0.25) is 4.79 Å². The molecule has 30 heavy (non-hydrogen) atoms. The minimum absolute atomic E-state index is 0.151.